The highest BCUT2D eigenvalue weighted by Gasteiger charge is 2.59. The molecule has 10 aromatic rings. The molecule has 13 rings (SSSR count). The molecule has 0 fully saturated rings. The van der Waals surface area contributed by atoms with Gasteiger partial charge in [-0.05, 0) is 126 Å². The molecule has 1 nitrogen and oxygen atoms in total. The average molecular weight is 814 g/mol. The molecule has 3 aliphatic carbocycles. The zero-order valence-electron chi connectivity index (χ0n) is 35.5. The normalized spacial score (nSPS) is 14.0. The van der Waals surface area contributed by atoms with Gasteiger partial charge in [0.1, 0.15) is 0 Å². The van der Waals surface area contributed by atoms with Crippen LogP contribution in [-0.4, -0.2) is 0 Å². The lowest BCUT2D eigenvalue weighted by atomic mass is 9.52. The highest BCUT2D eigenvalue weighted by atomic mass is 15.1. The van der Waals surface area contributed by atoms with Crippen molar-refractivity contribution in [2.75, 3.05) is 4.90 Å². The number of nitrogens with zero attached hydrogens (tertiary/aromatic N) is 1. The number of benzene rings is 10. The second-order valence-electron chi connectivity index (χ2n) is 17.5. The lowest BCUT2D eigenvalue weighted by molar-refractivity contribution is 0.633. The predicted molar refractivity (Wildman–Crippen MR) is 265 cm³/mol. The van der Waals surface area contributed by atoms with Gasteiger partial charge in [0.15, 0.2) is 0 Å². The second kappa shape index (κ2) is 14.0. The monoisotopic (exact) mass is 813 g/mol. The van der Waals surface area contributed by atoms with Gasteiger partial charge in [0, 0.05) is 16.9 Å². The molecule has 0 aromatic heterocycles. The first kappa shape index (κ1) is 36.6. The van der Waals surface area contributed by atoms with Gasteiger partial charge < -0.3 is 4.90 Å². The Kier molecular flexibility index (Phi) is 8.02. The summed E-state index contributed by atoms with van der Waals surface area (Å²) in [6, 6.07) is 90.8. The number of rotatable bonds is 5. The molecule has 0 saturated carbocycles. The molecular weight excluding hydrogens is 771 g/mol. The number of hydrogen-bond acceptors (Lipinski definition) is 1. The standard InChI is InChI=1S/C63H43N/c1-42-18-5-6-21-48(42)45-36-40-47(41-37-45)64(46-38-34-44(35-39-46)43-19-3-2-4-20-43)60-33-17-32-59-61(60)51-24-9-12-27-54(51)63(59)57-30-15-13-28-55(57)62(56-29-14-16-31-58(56)63)52-25-10-7-22-49(52)50-23-8-11-26-53(50)62/h2-41H,1H3. The number of aryl methyl sites for hydroxylation is 1. The molecule has 0 heterocycles. The van der Waals surface area contributed by atoms with E-state index in [1.54, 1.807) is 0 Å². The molecule has 0 N–H and O–H groups in total. The van der Waals surface area contributed by atoms with E-state index in [0.29, 0.717) is 0 Å². The van der Waals surface area contributed by atoms with Crippen molar-refractivity contribution < 1.29 is 0 Å². The van der Waals surface area contributed by atoms with E-state index in [2.05, 4.69) is 254 Å². The van der Waals surface area contributed by atoms with Crippen LogP contribution < -0.4 is 4.90 Å². The minimum absolute atomic E-state index is 0.480. The van der Waals surface area contributed by atoms with Gasteiger partial charge >= 0.3 is 0 Å². The Hall–Kier alpha value is -8.00. The van der Waals surface area contributed by atoms with Crippen molar-refractivity contribution in [3.63, 3.8) is 0 Å². The Morgan fingerprint density at radius 3 is 1.17 bits per heavy atom. The number of hydrogen-bond donors (Lipinski definition) is 0. The Balaban J connectivity index is 1.08. The van der Waals surface area contributed by atoms with Gasteiger partial charge in [-0.15, -0.1) is 0 Å². The number of fused-ring (bicyclic) bond motifs is 16. The minimum atomic E-state index is -0.579. The van der Waals surface area contributed by atoms with E-state index in [1.165, 1.54) is 94.6 Å². The van der Waals surface area contributed by atoms with Crippen molar-refractivity contribution in [2.24, 2.45) is 0 Å². The molecule has 64 heavy (non-hydrogen) atoms. The fourth-order valence-electron chi connectivity index (χ4n) is 12.0. The van der Waals surface area contributed by atoms with Crippen LogP contribution >= 0.6 is 0 Å². The Morgan fingerprint density at radius 2 is 0.641 bits per heavy atom. The molecule has 0 atom stereocenters. The van der Waals surface area contributed by atoms with Crippen molar-refractivity contribution >= 4 is 17.1 Å². The van der Waals surface area contributed by atoms with E-state index >= 15 is 0 Å². The van der Waals surface area contributed by atoms with Gasteiger partial charge in [-0.2, -0.15) is 0 Å². The van der Waals surface area contributed by atoms with Crippen molar-refractivity contribution in [1.29, 1.82) is 0 Å². The summed E-state index contributed by atoms with van der Waals surface area (Å²) in [7, 11) is 0. The lowest BCUT2D eigenvalue weighted by Gasteiger charge is -2.48. The summed E-state index contributed by atoms with van der Waals surface area (Å²) < 4.78 is 0. The summed E-state index contributed by atoms with van der Waals surface area (Å²) in [5, 5.41) is 0. The summed E-state index contributed by atoms with van der Waals surface area (Å²) in [5.74, 6) is 0. The largest absolute Gasteiger partial charge is 0.310 e. The molecule has 2 spiro atoms. The van der Waals surface area contributed by atoms with Gasteiger partial charge in [-0.1, -0.05) is 212 Å². The average Bonchev–Trinajstić information content (AvgIpc) is 3.83. The van der Waals surface area contributed by atoms with Crippen LogP contribution in [0.25, 0.3) is 44.5 Å². The van der Waals surface area contributed by atoms with Crippen LogP contribution in [0.3, 0.4) is 0 Å². The van der Waals surface area contributed by atoms with E-state index in [1.807, 2.05) is 0 Å². The molecular formula is C63H43N. The molecule has 0 saturated heterocycles. The maximum absolute atomic E-state index is 2.48. The minimum Gasteiger partial charge on any atom is -0.310 e. The first-order chi connectivity index (χ1) is 31.7. The molecule has 300 valence electrons. The molecule has 0 amide bonds. The van der Waals surface area contributed by atoms with Crippen LogP contribution in [0.2, 0.25) is 0 Å². The first-order valence-corrected chi connectivity index (χ1v) is 22.4. The third kappa shape index (κ3) is 4.90. The van der Waals surface area contributed by atoms with Gasteiger partial charge in [-0.3, -0.25) is 0 Å². The third-order valence-electron chi connectivity index (χ3n) is 14.5. The SMILES string of the molecule is Cc1ccccc1-c1ccc(N(c2ccc(-c3ccccc3)cc2)c2cccc3c2-c2ccccc2C32c3ccccc3C3(c4ccccc4-c4ccccc43)c3ccccc32)cc1. The zero-order valence-corrected chi connectivity index (χ0v) is 35.5. The van der Waals surface area contributed by atoms with Crippen LogP contribution in [-0.2, 0) is 10.8 Å². The van der Waals surface area contributed by atoms with Gasteiger partial charge in [0.2, 0.25) is 0 Å². The fourth-order valence-corrected chi connectivity index (χ4v) is 12.0. The van der Waals surface area contributed by atoms with Crippen LogP contribution in [0.4, 0.5) is 17.1 Å². The summed E-state index contributed by atoms with van der Waals surface area (Å²) in [6.07, 6.45) is 0. The molecule has 0 unspecified atom stereocenters. The molecule has 0 radical (unpaired) electrons. The van der Waals surface area contributed by atoms with E-state index in [9.17, 15) is 0 Å². The summed E-state index contributed by atoms with van der Waals surface area (Å²) >= 11 is 0. The number of anilines is 3. The van der Waals surface area contributed by atoms with Crippen LogP contribution in [0.5, 0.6) is 0 Å². The van der Waals surface area contributed by atoms with Crippen LogP contribution in [0.1, 0.15) is 50.1 Å². The van der Waals surface area contributed by atoms with Crippen molar-refractivity contribution in [2.45, 2.75) is 17.8 Å². The van der Waals surface area contributed by atoms with Crippen molar-refractivity contribution in [3.05, 3.63) is 293 Å². The van der Waals surface area contributed by atoms with Gasteiger partial charge in [-0.25, -0.2) is 0 Å². The smallest absolute Gasteiger partial charge is 0.0720 e. The zero-order chi connectivity index (χ0) is 42.4. The molecule has 10 aromatic carbocycles. The quantitative estimate of drug-likeness (QED) is 0.167. The maximum Gasteiger partial charge on any atom is 0.0720 e. The third-order valence-corrected chi connectivity index (χ3v) is 14.5. The van der Waals surface area contributed by atoms with E-state index in [0.717, 1.165) is 17.1 Å². The van der Waals surface area contributed by atoms with Crippen molar-refractivity contribution in [3.8, 4) is 44.5 Å². The van der Waals surface area contributed by atoms with Crippen molar-refractivity contribution in [1.82, 2.24) is 0 Å². The summed E-state index contributed by atoms with van der Waals surface area (Å²) in [6.45, 7) is 2.19. The highest BCUT2D eigenvalue weighted by molar-refractivity contribution is 6.00. The predicted octanol–water partition coefficient (Wildman–Crippen LogP) is 15.8. The maximum atomic E-state index is 2.48. The summed E-state index contributed by atoms with van der Waals surface area (Å²) in [5.41, 5.74) is 24.3. The molecule has 0 aliphatic heterocycles. The van der Waals surface area contributed by atoms with Crippen LogP contribution in [0, 0.1) is 6.92 Å². The summed E-state index contributed by atoms with van der Waals surface area (Å²) in [4.78, 5) is 2.48. The van der Waals surface area contributed by atoms with E-state index in [-0.39, 0.29) is 0 Å². The van der Waals surface area contributed by atoms with Gasteiger partial charge in [0.05, 0.1) is 16.5 Å². The Bertz CT molecular complexity index is 3350. The molecule has 0 bridgehead atoms. The second-order valence-corrected chi connectivity index (χ2v) is 17.5. The highest BCUT2D eigenvalue weighted by Crippen LogP contribution is 2.68. The van der Waals surface area contributed by atoms with E-state index < -0.39 is 10.8 Å². The topological polar surface area (TPSA) is 3.24 Å². The molecule has 1 heteroatoms. The van der Waals surface area contributed by atoms with E-state index in [4.69, 9.17) is 0 Å². The Labute approximate surface area is 375 Å². The Morgan fingerprint density at radius 1 is 0.266 bits per heavy atom. The fraction of sp³-hybridized carbons (Fsp3) is 0.0476. The van der Waals surface area contributed by atoms with Gasteiger partial charge in [0.25, 0.3) is 0 Å². The van der Waals surface area contributed by atoms with Crippen LogP contribution in [0.15, 0.2) is 243 Å². The first-order valence-electron chi connectivity index (χ1n) is 22.4. The molecule has 3 aliphatic rings. The lowest BCUT2D eigenvalue weighted by Crippen LogP contribution is -2.43.